The molecule has 0 heterocycles. The van der Waals surface area contributed by atoms with E-state index in [-0.39, 0.29) is 63.9 Å². The summed E-state index contributed by atoms with van der Waals surface area (Å²) in [6.07, 6.45) is 0. The molecular formula is C6H8N3Rb. The van der Waals surface area contributed by atoms with E-state index in [2.05, 4.69) is 0 Å². The van der Waals surface area contributed by atoms with Crippen LogP contribution in [0, 0.1) is 0 Å². The predicted molar refractivity (Wildman–Crippen MR) is 39.2 cm³/mol. The van der Waals surface area contributed by atoms with Gasteiger partial charge in [-0.05, 0) is 12.1 Å². The van der Waals surface area contributed by atoms with Gasteiger partial charge in [0.15, 0.2) is 0 Å². The minimum atomic E-state index is 0. The smallest absolute Gasteiger partial charge is 0.695 e. The number of rotatable bonds is 0. The second-order valence-electron chi connectivity index (χ2n) is 1.81. The molecule has 0 bridgehead atoms. The van der Waals surface area contributed by atoms with Gasteiger partial charge in [0.1, 0.15) is 0 Å². The topological polar surface area (TPSA) is 75.8 Å². The molecule has 48 valence electrons. The Labute approximate surface area is 109 Å². The molecule has 0 aromatic heterocycles. The number of benzene rings is 1. The molecule has 3 nitrogen and oxygen atoms in total. The van der Waals surface area contributed by atoms with E-state index in [1.807, 2.05) is 0 Å². The molecule has 4 heteroatoms. The van der Waals surface area contributed by atoms with Crippen molar-refractivity contribution >= 4 is 17.1 Å². The van der Waals surface area contributed by atoms with Crippen LogP contribution < -0.4 is 69.7 Å². The van der Waals surface area contributed by atoms with Crippen molar-refractivity contribution in [3.8, 4) is 0 Å². The predicted octanol–water partition coefficient (Wildman–Crippen LogP) is -1.46. The van der Waals surface area contributed by atoms with Crippen molar-refractivity contribution in [2.24, 2.45) is 0 Å². The first-order valence-electron chi connectivity index (χ1n) is 2.57. The van der Waals surface area contributed by atoms with Crippen molar-refractivity contribution < 1.29 is 58.2 Å². The quantitative estimate of drug-likeness (QED) is 0.510. The summed E-state index contributed by atoms with van der Waals surface area (Å²) in [5.74, 6) is 0. The fourth-order valence-electron chi connectivity index (χ4n) is 0.589. The molecule has 0 saturated carbocycles. The third kappa shape index (κ3) is 2.23. The van der Waals surface area contributed by atoms with Crippen LogP contribution >= 0.6 is 0 Å². The zero-order chi connectivity index (χ0) is 6.85. The van der Waals surface area contributed by atoms with Crippen molar-refractivity contribution in [2.75, 3.05) is 11.5 Å². The number of nitrogen functional groups attached to an aromatic ring is 2. The molecule has 5 N–H and O–H groups in total. The maximum atomic E-state index is 7.19. The van der Waals surface area contributed by atoms with Crippen LogP contribution in [0.2, 0.25) is 0 Å². The Morgan fingerprint density at radius 2 is 1.50 bits per heavy atom. The first kappa shape index (κ1) is 10.4. The molecule has 0 spiro atoms. The molecular weight excluding hydrogens is 200 g/mol. The Kier molecular flexibility index (Phi) is 4.52. The van der Waals surface area contributed by atoms with E-state index >= 15 is 0 Å². The molecule has 0 radical (unpaired) electrons. The normalized spacial score (nSPS) is 8.40. The van der Waals surface area contributed by atoms with Crippen LogP contribution in [0.25, 0.3) is 5.73 Å². The summed E-state index contributed by atoms with van der Waals surface area (Å²) in [6, 6.07) is 5.03. The number of anilines is 2. The molecule has 1 rings (SSSR count). The minimum Gasteiger partial charge on any atom is -0.695 e. The van der Waals surface area contributed by atoms with Gasteiger partial charge in [-0.15, -0.1) is 0 Å². The Bertz CT molecular complexity index is 204. The number of hydrogen-bond donors (Lipinski definition) is 2. The summed E-state index contributed by atoms with van der Waals surface area (Å²) in [4.78, 5) is 0. The maximum absolute atomic E-state index is 7.19. The molecule has 1 aromatic carbocycles. The molecule has 1 aromatic rings. The molecule has 0 aliphatic heterocycles. The Morgan fingerprint density at radius 1 is 1.10 bits per heavy atom. The van der Waals surface area contributed by atoms with Crippen LogP contribution in [0.3, 0.4) is 0 Å². The third-order valence-electron chi connectivity index (χ3n) is 1.13. The van der Waals surface area contributed by atoms with Crippen LogP contribution in [0.4, 0.5) is 17.1 Å². The van der Waals surface area contributed by atoms with Crippen LogP contribution in [-0.4, -0.2) is 0 Å². The van der Waals surface area contributed by atoms with E-state index in [0.717, 1.165) is 0 Å². The van der Waals surface area contributed by atoms with Gasteiger partial charge < -0.3 is 17.2 Å². The summed E-state index contributed by atoms with van der Waals surface area (Å²) in [7, 11) is 0. The maximum Gasteiger partial charge on any atom is 1.00 e. The molecule has 0 aliphatic carbocycles. The van der Waals surface area contributed by atoms with Crippen LogP contribution in [0.5, 0.6) is 0 Å². The summed E-state index contributed by atoms with van der Waals surface area (Å²) in [5, 5.41) is 0. The van der Waals surface area contributed by atoms with E-state index in [1.54, 1.807) is 18.2 Å². The summed E-state index contributed by atoms with van der Waals surface area (Å²) < 4.78 is 0. The van der Waals surface area contributed by atoms with Crippen LogP contribution in [-0.2, 0) is 0 Å². The second-order valence-corrected chi connectivity index (χ2v) is 1.81. The molecule has 0 amide bonds. The number of nitrogens with one attached hydrogen (secondary N) is 1. The van der Waals surface area contributed by atoms with Crippen molar-refractivity contribution in [2.45, 2.75) is 0 Å². The van der Waals surface area contributed by atoms with Gasteiger partial charge >= 0.3 is 58.2 Å². The second kappa shape index (κ2) is 4.33. The number of nitrogens with two attached hydrogens (primary N) is 2. The third-order valence-corrected chi connectivity index (χ3v) is 1.13. The van der Waals surface area contributed by atoms with E-state index in [4.69, 9.17) is 17.2 Å². The van der Waals surface area contributed by atoms with Crippen molar-refractivity contribution in [3.63, 3.8) is 0 Å². The summed E-state index contributed by atoms with van der Waals surface area (Å²) in [5.41, 5.74) is 19.0. The SMILES string of the molecule is [NH-]c1c(N)cccc1N.[Rb+]. The number of hydrogen-bond acceptors (Lipinski definition) is 2. The van der Waals surface area contributed by atoms with Gasteiger partial charge in [0.05, 0.1) is 0 Å². The first-order chi connectivity index (χ1) is 4.22. The fourth-order valence-corrected chi connectivity index (χ4v) is 0.589. The molecule has 0 fully saturated rings. The molecule has 0 aliphatic rings. The average molecular weight is 208 g/mol. The zero-order valence-corrected chi connectivity index (χ0v) is 10.8. The largest absolute Gasteiger partial charge is 1.00 e. The summed E-state index contributed by atoms with van der Waals surface area (Å²) in [6.45, 7) is 0. The molecule has 10 heavy (non-hydrogen) atoms. The van der Waals surface area contributed by atoms with E-state index in [0.29, 0.717) is 11.4 Å². The van der Waals surface area contributed by atoms with E-state index in [9.17, 15) is 0 Å². The van der Waals surface area contributed by atoms with Gasteiger partial charge in [-0.3, -0.25) is 0 Å². The molecule has 0 atom stereocenters. The van der Waals surface area contributed by atoms with Crippen LogP contribution in [0.15, 0.2) is 18.2 Å². The van der Waals surface area contributed by atoms with Gasteiger partial charge in [-0.1, -0.05) is 11.8 Å². The summed E-state index contributed by atoms with van der Waals surface area (Å²) >= 11 is 0. The Balaban J connectivity index is 0.000000810. The molecule has 0 saturated heterocycles. The first-order valence-corrected chi connectivity index (χ1v) is 2.57. The average Bonchev–Trinajstić information content (AvgIpc) is 1.83. The minimum absolute atomic E-state index is 0. The van der Waals surface area contributed by atoms with Crippen molar-refractivity contribution in [1.82, 2.24) is 0 Å². The molecule has 0 unspecified atom stereocenters. The monoisotopic (exact) mass is 207 g/mol. The van der Waals surface area contributed by atoms with Gasteiger partial charge in [-0.2, -0.15) is 0 Å². The van der Waals surface area contributed by atoms with E-state index in [1.165, 1.54) is 0 Å². The van der Waals surface area contributed by atoms with Gasteiger partial charge in [0.25, 0.3) is 0 Å². The fraction of sp³-hybridized carbons (Fsp3) is 0. The Morgan fingerprint density at radius 3 is 1.80 bits per heavy atom. The van der Waals surface area contributed by atoms with Crippen LogP contribution in [0.1, 0.15) is 0 Å². The van der Waals surface area contributed by atoms with Gasteiger partial charge in [0, 0.05) is 11.4 Å². The van der Waals surface area contributed by atoms with Gasteiger partial charge in [-0.25, -0.2) is 0 Å². The Hall–Kier alpha value is 0.425. The van der Waals surface area contributed by atoms with Crippen molar-refractivity contribution in [1.29, 1.82) is 0 Å². The van der Waals surface area contributed by atoms with Gasteiger partial charge in [0.2, 0.25) is 0 Å². The van der Waals surface area contributed by atoms with Crippen molar-refractivity contribution in [3.05, 3.63) is 23.9 Å². The zero-order valence-electron chi connectivity index (χ0n) is 5.89. The van der Waals surface area contributed by atoms with E-state index < -0.39 is 0 Å². The standard InChI is InChI=1S/C6H8N3.Rb/c7-4-2-1-3-5(8)6(4)9;/h1-3,9H,7-8H2;/q-1;+1.